The average molecular weight is 298 g/mol. The number of nitrogens with one attached hydrogen (secondary N) is 2. The molecule has 21 heavy (non-hydrogen) atoms. The predicted octanol–water partition coefficient (Wildman–Crippen LogP) is -0.971. The van der Waals surface area contributed by atoms with Crippen molar-refractivity contribution in [3.63, 3.8) is 0 Å². The highest BCUT2D eigenvalue weighted by Gasteiger charge is 2.24. The monoisotopic (exact) mass is 298 g/mol. The maximum atomic E-state index is 5.81. The molecule has 0 bridgehead atoms. The summed E-state index contributed by atoms with van der Waals surface area (Å²) in [7, 11) is 2.01. The summed E-state index contributed by atoms with van der Waals surface area (Å²) >= 11 is 0. The zero-order valence-corrected chi connectivity index (χ0v) is 12.4. The topological polar surface area (TPSA) is 142 Å². The Hall–Kier alpha value is -1.64. The molecule has 0 amide bonds. The van der Waals surface area contributed by atoms with Gasteiger partial charge >= 0.3 is 0 Å². The molecule has 3 rings (SSSR count). The van der Waals surface area contributed by atoms with Gasteiger partial charge in [0.05, 0.1) is 0 Å². The second-order valence-corrected chi connectivity index (χ2v) is 5.51. The lowest BCUT2D eigenvalue weighted by Crippen LogP contribution is -2.30. The Bertz CT molecular complexity index is 454. The van der Waals surface area contributed by atoms with Gasteiger partial charge in [0.25, 0.3) is 0 Å². The number of nitrogen functional groups attached to an aromatic ring is 1. The SMILES string of the molecule is CN[C@@H]1CCN(c2cc(NCC3CC3)nc(N)n2)C1.O.O. The van der Waals surface area contributed by atoms with E-state index in [0.29, 0.717) is 12.0 Å². The second kappa shape index (κ2) is 7.39. The number of nitrogens with zero attached hydrogens (tertiary/aromatic N) is 3. The molecule has 1 saturated carbocycles. The van der Waals surface area contributed by atoms with Gasteiger partial charge in [-0.15, -0.1) is 0 Å². The lowest BCUT2D eigenvalue weighted by molar-refractivity contribution is 0.616. The Morgan fingerprint density at radius 3 is 2.67 bits per heavy atom. The molecule has 1 atom stereocenters. The summed E-state index contributed by atoms with van der Waals surface area (Å²) in [5, 5.41) is 6.67. The Balaban J connectivity index is 0.00000110. The fraction of sp³-hybridized carbons (Fsp3) is 0.692. The van der Waals surface area contributed by atoms with Crippen LogP contribution in [0.25, 0.3) is 0 Å². The Morgan fingerprint density at radius 1 is 1.29 bits per heavy atom. The van der Waals surface area contributed by atoms with Gasteiger partial charge in [-0.1, -0.05) is 0 Å². The molecule has 0 unspecified atom stereocenters. The molecule has 8 nitrogen and oxygen atoms in total. The summed E-state index contributed by atoms with van der Waals surface area (Å²) in [5.74, 6) is 2.95. The number of hydrogen-bond acceptors (Lipinski definition) is 6. The lowest BCUT2D eigenvalue weighted by atomic mass is 10.3. The van der Waals surface area contributed by atoms with Crippen molar-refractivity contribution in [1.82, 2.24) is 15.3 Å². The van der Waals surface area contributed by atoms with Crippen LogP contribution in [0.4, 0.5) is 17.6 Å². The van der Waals surface area contributed by atoms with E-state index in [2.05, 4.69) is 25.5 Å². The van der Waals surface area contributed by atoms with E-state index in [-0.39, 0.29) is 11.0 Å². The Labute approximate surface area is 124 Å². The zero-order valence-electron chi connectivity index (χ0n) is 12.4. The molecule has 1 aliphatic heterocycles. The third-order valence-electron chi connectivity index (χ3n) is 3.92. The first-order chi connectivity index (χ1) is 9.24. The van der Waals surface area contributed by atoms with Gasteiger partial charge in [0.15, 0.2) is 0 Å². The van der Waals surface area contributed by atoms with Gasteiger partial charge in [0.2, 0.25) is 5.95 Å². The molecule has 0 aromatic carbocycles. The number of likely N-dealkylation sites (N-methyl/N-ethyl adjacent to an activating group) is 1. The summed E-state index contributed by atoms with van der Waals surface area (Å²) in [6.45, 7) is 2.99. The Kier molecular flexibility index (Phi) is 6.13. The number of anilines is 3. The van der Waals surface area contributed by atoms with E-state index in [9.17, 15) is 0 Å². The molecule has 0 spiro atoms. The summed E-state index contributed by atoms with van der Waals surface area (Å²) in [4.78, 5) is 10.9. The summed E-state index contributed by atoms with van der Waals surface area (Å²) in [6.07, 6.45) is 3.80. The van der Waals surface area contributed by atoms with Gasteiger partial charge in [-0.25, -0.2) is 0 Å². The molecule has 8 heteroatoms. The lowest BCUT2D eigenvalue weighted by Gasteiger charge is -2.18. The van der Waals surface area contributed by atoms with Gasteiger partial charge in [0, 0.05) is 31.7 Å². The van der Waals surface area contributed by atoms with Crippen molar-refractivity contribution < 1.29 is 11.0 Å². The van der Waals surface area contributed by atoms with Crippen LogP contribution in [0.1, 0.15) is 19.3 Å². The highest BCUT2D eigenvalue weighted by Crippen LogP contribution is 2.29. The number of aromatic nitrogens is 2. The maximum absolute atomic E-state index is 5.81. The van der Waals surface area contributed by atoms with Gasteiger partial charge in [-0.3, -0.25) is 0 Å². The van der Waals surface area contributed by atoms with Gasteiger partial charge in [-0.2, -0.15) is 9.97 Å². The average Bonchev–Trinajstić information content (AvgIpc) is 3.11. The van der Waals surface area contributed by atoms with Crippen LogP contribution in [0.2, 0.25) is 0 Å². The van der Waals surface area contributed by atoms with Crippen LogP contribution in [-0.2, 0) is 0 Å². The summed E-state index contributed by atoms with van der Waals surface area (Å²) < 4.78 is 0. The zero-order chi connectivity index (χ0) is 13.2. The first-order valence-corrected chi connectivity index (χ1v) is 7.05. The second-order valence-electron chi connectivity index (χ2n) is 5.51. The van der Waals surface area contributed by atoms with Crippen molar-refractivity contribution >= 4 is 17.6 Å². The van der Waals surface area contributed by atoms with Crippen molar-refractivity contribution in [3.05, 3.63) is 6.07 Å². The minimum atomic E-state index is 0. The van der Waals surface area contributed by atoms with E-state index < -0.39 is 0 Å². The quantitative estimate of drug-likeness (QED) is 0.638. The number of hydrogen-bond donors (Lipinski definition) is 3. The number of nitrogens with two attached hydrogens (primary N) is 1. The number of rotatable bonds is 5. The molecule has 2 aliphatic rings. The predicted molar refractivity (Wildman–Crippen MR) is 84.6 cm³/mol. The molecule has 1 aliphatic carbocycles. The largest absolute Gasteiger partial charge is 0.412 e. The van der Waals surface area contributed by atoms with Crippen molar-refractivity contribution in [2.24, 2.45) is 5.92 Å². The highest BCUT2D eigenvalue weighted by atomic mass is 16.0. The van der Waals surface area contributed by atoms with Gasteiger partial charge in [-0.05, 0) is 32.2 Å². The fourth-order valence-corrected chi connectivity index (χ4v) is 2.48. The van der Waals surface area contributed by atoms with E-state index in [1.54, 1.807) is 0 Å². The van der Waals surface area contributed by atoms with E-state index >= 15 is 0 Å². The molecule has 1 aromatic heterocycles. The first-order valence-electron chi connectivity index (χ1n) is 7.05. The Morgan fingerprint density at radius 2 is 2.05 bits per heavy atom. The molecule has 0 radical (unpaired) electrons. The van der Waals surface area contributed by atoms with E-state index in [0.717, 1.165) is 43.6 Å². The van der Waals surface area contributed by atoms with Crippen LogP contribution < -0.4 is 21.3 Å². The third kappa shape index (κ3) is 4.42. The maximum Gasteiger partial charge on any atom is 0.223 e. The van der Waals surface area contributed by atoms with Crippen LogP contribution in [0.15, 0.2) is 6.07 Å². The minimum Gasteiger partial charge on any atom is -0.412 e. The summed E-state index contributed by atoms with van der Waals surface area (Å²) in [5.41, 5.74) is 5.81. The van der Waals surface area contributed by atoms with Crippen molar-refractivity contribution in [3.8, 4) is 0 Å². The molecule has 8 N–H and O–H groups in total. The standard InChI is InChI=1S/C13H22N6.2H2O/c1-15-10-4-5-19(8-10)12-6-11(17-13(14)18-12)16-7-9-2-3-9;;/h6,9-10,15H,2-5,7-8H2,1H3,(H3,14,16,17,18);2*1H2/t10-;;/m1../s1. The van der Waals surface area contributed by atoms with Crippen LogP contribution in [0.3, 0.4) is 0 Å². The molecule has 2 heterocycles. The van der Waals surface area contributed by atoms with Gasteiger partial charge < -0.3 is 32.2 Å². The van der Waals surface area contributed by atoms with Crippen LogP contribution in [0, 0.1) is 5.92 Å². The first kappa shape index (κ1) is 17.4. The fourth-order valence-electron chi connectivity index (χ4n) is 2.48. The molecule has 120 valence electrons. The van der Waals surface area contributed by atoms with Crippen molar-refractivity contribution in [2.45, 2.75) is 25.3 Å². The molecule has 1 aromatic rings. The normalized spacial score (nSPS) is 20.6. The molecular formula is C13H26N6O2. The van der Waals surface area contributed by atoms with Crippen LogP contribution >= 0.6 is 0 Å². The van der Waals surface area contributed by atoms with Gasteiger partial charge in [0.1, 0.15) is 11.6 Å². The molecule has 1 saturated heterocycles. The molecular weight excluding hydrogens is 272 g/mol. The van der Waals surface area contributed by atoms with E-state index in [4.69, 9.17) is 5.73 Å². The van der Waals surface area contributed by atoms with E-state index in [1.807, 2.05) is 13.1 Å². The minimum absolute atomic E-state index is 0. The summed E-state index contributed by atoms with van der Waals surface area (Å²) in [6, 6.07) is 2.55. The highest BCUT2D eigenvalue weighted by molar-refractivity contribution is 5.53. The van der Waals surface area contributed by atoms with Crippen LogP contribution in [-0.4, -0.2) is 53.6 Å². The molecule has 2 fully saturated rings. The van der Waals surface area contributed by atoms with Crippen LogP contribution in [0.5, 0.6) is 0 Å². The smallest absolute Gasteiger partial charge is 0.223 e. The van der Waals surface area contributed by atoms with E-state index in [1.165, 1.54) is 12.8 Å². The third-order valence-corrected chi connectivity index (χ3v) is 3.92. The van der Waals surface area contributed by atoms with Crippen molar-refractivity contribution in [2.75, 3.05) is 42.6 Å². The van der Waals surface area contributed by atoms with Crippen molar-refractivity contribution in [1.29, 1.82) is 0 Å².